The first kappa shape index (κ1) is 11.4. The third-order valence-corrected chi connectivity index (χ3v) is 3.31. The predicted molar refractivity (Wildman–Crippen MR) is 66.7 cm³/mol. The molecule has 4 heteroatoms. The van der Waals surface area contributed by atoms with E-state index in [4.69, 9.17) is 4.42 Å². The maximum absolute atomic E-state index is 12.8. The Kier molecular flexibility index (Phi) is 3.11. The average Bonchev–Trinajstić information content (AvgIpc) is 2.90. The number of halogens is 1. The molecule has 1 aromatic heterocycles. The molecule has 2 heterocycles. The molecule has 1 fully saturated rings. The maximum Gasteiger partial charge on any atom is 0.198 e. The van der Waals surface area contributed by atoms with Crippen LogP contribution in [0.3, 0.4) is 0 Å². The van der Waals surface area contributed by atoms with E-state index in [-0.39, 0.29) is 5.82 Å². The van der Waals surface area contributed by atoms with Crippen molar-refractivity contribution in [3.8, 4) is 11.3 Å². The van der Waals surface area contributed by atoms with E-state index in [1.807, 2.05) is 0 Å². The van der Waals surface area contributed by atoms with Crippen LogP contribution in [0.4, 0.5) is 4.39 Å². The molecule has 0 aliphatic carbocycles. The quantitative estimate of drug-likeness (QED) is 0.885. The van der Waals surface area contributed by atoms with Gasteiger partial charge in [0.25, 0.3) is 0 Å². The van der Waals surface area contributed by atoms with Crippen LogP contribution in [-0.2, 0) is 0 Å². The van der Waals surface area contributed by atoms with Gasteiger partial charge in [0.2, 0.25) is 0 Å². The van der Waals surface area contributed by atoms with Crippen molar-refractivity contribution >= 4 is 0 Å². The highest BCUT2D eigenvalue weighted by molar-refractivity contribution is 5.57. The Morgan fingerprint density at radius 1 is 1.28 bits per heavy atom. The summed E-state index contributed by atoms with van der Waals surface area (Å²) in [7, 11) is 0. The lowest BCUT2D eigenvalue weighted by Crippen LogP contribution is -2.28. The van der Waals surface area contributed by atoms with E-state index in [1.54, 1.807) is 18.4 Å². The fourth-order valence-corrected chi connectivity index (χ4v) is 2.29. The van der Waals surface area contributed by atoms with Gasteiger partial charge in [-0.1, -0.05) is 0 Å². The number of benzene rings is 1. The minimum Gasteiger partial charge on any atom is -0.448 e. The van der Waals surface area contributed by atoms with E-state index >= 15 is 0 Å². The lowest BCUT2D eigenvalue weighted by atomic mass is 10.00. The number of piperidine rings is 1. The van der Waals surface area contributed by atoms with Crippen LogP contribution in [0, 0.1) is 5.82 Å². The molecule has 3 rings (SSSR count). The van der Waals surface area contributed by atoms with Crippen molar-refractivity contribution in [1.29, 1.82) is 0 Å². The minimum atomic E-state index is -0.237. The molecule has 0 radical (unpaired) electrons. The lowest BCUT2D eigenvalue weighted by molar-refractivity contribution is 0.376. The molecule has 1 aliphatic heterocycles. The van der Waals surface area contributed by atoms with Crippen LogP contribution < -0.4 is 5.32 Å². The second kappa shape index (κ2) is 4.90. The molecule has 1 unspecified atom stereocenters. The van der Waals surface area contributed by atoms with Crippen molar-refractivity contribution in [1.82, 2.24) is 10.3 Å². The van der Waals surface area contributed by atoms with E-state index in [1.165, 1.54) is 12.1 Å². The highest BCUT2D eigenvalue weighted by atomic mass is 19.1. The van der Waals surface area contributed by atoms with Crippen molar-refractivity contribution in [3.05, 3.63) is 42.2 Å². The highest BCUT2D eigenvalue weighted by Gasteiger charge is 2.20. The first-order valence-corrected chi connectivity index (χ1v) is 6.25. The van der Waals surface area contributed by atoms with Gasteiger partial charge in [0.05, 0.1) is 0 Å². The molecule has 3 nitrogen and oxygen atoms in total. The van der Waals surface area contributed by atoms with Crippen molar-refractivity contribution < 1.29 is 8.81 Å². The van der Waals surface area contributed by atoms with Crippen molar-refractivity contribution in [3.63, 3.8) is 0 Å². The van der Waals surface area contributed by atoms with Crippen LogP contribution in [0.5, 0.6) is 0 Å². The lowest BCUT2D eigenvalue weighted by Gasteiger charge is -2.19. The second-order valence-electron chi connectivity index (χ2n) is 4.62. The van der Waals surface area contributed by atoms with Crippen LogP contribution in [0.25, 0.3) is 11.3 Å². The highest BCUT2D eigenvalue weighted by Crippen LogP contribution is 2.26. The molecular weight excluding hydrogens is 231 g/mol. The largest absolute Gasteiger partial charge is 0.448 e. The Morgan fingerprint density at radius 3 is 2.83 bits per heavy atom. The van der Waals surface area contributed by atoms with Crippen LogP contribution in [0.15, 0.2) is 34.9 Å². The fraction of sp³-hybridized carbons (Fsp3) is 0.357. The van der Waals surface area contributed by atoms with Gasteiger partial charge in [0.15, 0.2) is 5.89 Å². The van der Waals surface area contributed by atoms with Crippen molar-refractivity contribution in [2.24, 2.45) is 0 Å². The molecular formula is C14H15FN2O. The zero-order chi connectivity index (χ0) is 12.4. The first-order chi connectivity index (χ1) is 8.83. The monoisotopic (exact) mass is 246 g/mol. The third-order valence-electron chi connectivity index (χ3n) is 3.31. The molecule has 0 bridgehead atoms. The molecule has 18 heavy (non-hydrogen) atoms. The summed E-state index contributed by atoms with van der Waals surface area (Å²) in [4.78, 5) is 4.50. The van der Waals surface area contributed by atoms with Gasteiger partial charge in [-0.05, 0) is 43.7 Å². The molecule has 1 aliphatic rings. The number of hydrogen-bond donors (Lipinski definition) is 1. The fourth-order valence-electron chi connectivity index (χ4n) is 2.29. The number of rotatable bonds is 2. The van der Waals surface area contributed by atoms with E-state index < -0.39 is 0 Å². The van der Waals surface area contributed by atoms with E-state index in [0.717, 1.165) is 43.1 Å². The number of aromatic nitrogens is 1. The Labute approximate surface area is 105 Å². The summed E-state index contributed by atoms with van der Waals surface area (Å²) in [6.07, 6.45) is 3.91. The topological polar surface area (TPSA) is 38.1 Å². The van der Waals surface area contributed by atoms with Gasteiger partial charge < -0.3 is 9.73 Å². The number of oxazole rings is 1. The van der Waals surface area contributed by atoms with Gasteiger partial charge in [-0.25, -0.2) is 9.37 Å². The van der Waals surface area contributed by atoms with Gasteiger partial charge in [-0.15, -0.1) is 0 Å². The second-order valence-corrected chi connectivity index (χ2v) is 4.62. The predicted octanol–water partition coefficient (Wildman–Crippen LogP) is 2.95. The Bertz CT molecular complexity index is 515. The molecule has 0 amide bonds. The Morgan fingerprint density at radius 2 is 2.11 bits per heavy atom. The van der Waals surface area contributed by atoms with Crippen molar-refractivity contribution in [2.45, 2.75) is 18.8 Å². The summed E-state index contributed by atoms with van der Waals surface area (Å²) in [5.74, 6) is 0.897. The molecule has 94 valence electrons. The molecule has 1 atom stereocenters. The summed E-state index contributed by atoms with van der Waals surface area (Å²) in [6.45, 7) is 1.99. The zero-order valence-electron chi connectivity index (χ0n) is 10.0. The van der Waals surface area contributed by atoms with Gasteiger partial charge in [-0.3, -0.25) is 0 Å². The average molecular weight is 246 g/mol. The number of hydrogen-bond acceptors (Lipinski definition) is 3. The molecule has 2 aromatic rings. The SMILES string of the molecule is Fc1ccc(-c2coc(C3CCCNC3)n2)cc1. The van der Waals surface area contributed by atoms with E-state index in [2.05, 4.69) is 10.3 Å². The smallest absolute Gasteiger partial charge is 0.198 e. The summed E-state index contributed by atoms with van der Waals surface area (Å²) in [5, 5.41) is 3.34. The van der Waals surface area contributed by atoms with Gasteiger partial charge >= 0.3 is 0 Å². The number of nitrogens with zero attached hydrogens (tertiary/aromatic N) is 1. The van der Waals surface area contributed by atoms with E-state index in [9.17, 15) is 4.39 Å². The molecule has 0 spiro atoms. The van der Waals surface area contributed by atoms with Crippen LogP contribution >= 0.6 is 0 Å². The van der Waals surface area contributed by atoms with Gasteiger partial charge in [0.1, 0.15) is 17.8 Å². The summed E-state index contributed by atoms with van der Waals surface area (Å²) >= 11 is 0. The van der Waals surface area contributed by atoms with Crippen LogP contribution in [-0.4, -0.2) is 18.1 Å². The summed E-state index contributed by atoms with van der Waals surface area (Å²) in [5.41, 5.74) is 1.66. The van der Waals surface area contributed by atoms with Gasteiger partial charge in [-0.2, -0.15) is 0 Å². The normalized spacial score (nSPS) is 19.9. The maximum atomic E-state index is 12.8. The molecule has 1 aromatic carbocycles. The summed E-state index contributed by atoms with van der Waals surface area (Å²) < 4.78 is 18.4. The molecule has 1 N–H and O–H groups in total. The third kappa shape index (κ3) is 2.29. The first-order valence-electron chi connectivity index (χ1n) is 6.25. The summed E-state index contributed by atoms with van der Waals surface area (Å²) in [6, 6.07) is 6.31. The van der Waals surface area contributed by atoms with Crippen LogP contribution in [0.2, 0.25) is 0 Å². The molecule has 1 saturated heterocycles. The Hall–Kier alpha value is -1.68. The van der Waals surface area contributed by atoms with Crippen LogP contribution in [0.1, 0.15) is 24.7 Å². The Balaban J connectivity index is 1.82. The van der Waals surface area contributed by atoms with Crippen molar-refractivity contribution in [2.75, 3.05) is 13.1 Å². The minimum absolute atomic E-state index is 0.237. The molecule has 0 saturated carbocycles. The van der Waals surface area contributed by atoms with Gasteiger partial charge in [0, 0.05) is 18.0 Å². The standard InChI is InChI=1S/C14H15FN2O/c15-12-5-3-10(4-6-12)13-9-18-14(17-13)11-2-1-7-16-8-11/h3-6,9,11,16H,1-2,7-8H2. The zero-order valence-corrected chi connectivity index (χ0v) is 10.0. The van der Waals surface area contributed by atoms with E-state index in [0.29, 0.717) is 5.92 Å². The number of nitrogens with one attached hydrogen (secondary N) is 1.